The second-order valence-electron chi connectivity index (χ2n) is 3.21. The van der Waals surface area contributed by atoms with Crippen LogP contribution in [-0.2, 0) is 0 Å². The Labute approximate surface area is 86.0 Å². The number of hydrogen-bond acceptors (Lipinski definition) is 3. The SMILES string of the molecule is c1cnc(-c2c[nH]c3ccncc23)cn1. The van der Waals surface area contributed by atoms with Crippen molar-refractivity contribution in [1.82, 2.24) is 19.9 Å². The molecule has 0 atom stereocenters. The van der Waals surface area contributed by atoms with E-state index in [0.717, 1.165) is 22.2 Å². The van der Waals surface area contributed by atoms with Crippen molar-refractivity contribution in [1.29, 1.82) is 0 Å². The van der Waals surface area contributed by atoms with E-state index in [4.69, 9.17) is 0 Å². The Kier molecular flexibility index (Phi) is 1.71. The highest BCUT2D eigenvalue weighted by molar-refractivity contribution is 5.93. The van der Waals surface area contributed by atoms with Gasteiger partial charge < -0.3 is 4.98 Å². The van der Waals surface area contributed by atoms with Gasteiger partial charge in [0.15, 0.2) is 0 Å². The van der Waals surface area contributed by atoms with Crippen LogP contribution in [0.15, 0.2) is 43.2 Å². The predicted octanol–water partition coefficient (Wildman–Crippen LogP) is 2.02. The molecule has 0 radical (unpaired) electrons. The van der Waals surface area contributed by atoms with Gasteiger partial charge in [-0.05, 0) is 6.07 Å². The maximum absolute atomic E-state index is 4.26. The lowest BCUT2D eigenvalue weighted by molar-refractivity contribution is 1.21. The topological polar surface area (TPSA) is 54.5 Å². The lowest BCUT2D eigenvalue weighted by atomic mass is 10.2. The van der Waals surface area contributed by atoms with Crippen LogP contribution >= 0.6 is 0 Å². The number of pyridine rings is 1. The molecule has 0 saturated carbocycles. The van der Waals surface area contributed by atoms with E-state index in [1.54, 1.807) is 24.8 Å². The Bertz CT molecular complexity index is 586. The van der Waals surface area contributed by atoms with Crippen molar-refractivity contribution in [2.45, 2.75) is 0 Å². The van der Waals surface area contributed by atoms with Gasteiger partial charge in [-0.3, -0.25) is 15.0 Å². The van der Waals surface area contributed by atoms with Gasteiger partial charge in [0.2, 0.25) is 0 Å². The molecule has 0 fully saturated rings. The van der Waals surface area contributed by atoms with Crippen LogP contribution < -0.4 is 0 Å². The van der Waals surface area contributed by atoms with Crippen LogP contribution in [0.2, 0.25) is 0 Å². The Morgan fingerprint density at radius 2 is 1.93 bits per heavy atom. The summed E-state index contributed by atoms with van der Waals surface area (Å²) in [4.78, 5) is 15.6. The number of aromatic amines is 1. The van der Waals surface area contributed by atoms with Gasteiger partial charge in [0, 0.05) is 47.5 Å². The van der Waals surface area contributed by atoms with Crippen LogP contribution in [0.25, 0.3) is 22.2 Å². The van der Waals surface area contributed by atoms with E-state index in [1.165, 1.54) is 0 Å². The van der Waals surface area contributed by atoms with Gasteiger partial charge in [-0.1, -0.05) is 0 Å². The summed E-state index contributed by atoms with van der Waals surface area (Å²) in [7, 11) is 0. The molecule has 72 valence electrons. The number of hydrogen-bond donors (Lipinski definition) is 1. The van der Waals surface area contributed by atoms with Gasteiger partial charge in [0.25, 0.3) is 0 Å². The van der Waals surface area contributed by atoms with Crippen LogP contribution in [0.5, 0.6) is 0 Å². The second kappa shape index (κ2) is 3.16. The minimum absolute atomic E-state index is 0.858. The number of rotatable bonds is 1. The summed E-state index contributed by atoms with van der Waals surface area (Å²) in [5.41, 5.74) is 2.95. The summed E-state index contributed by atoms with van der Waals surface area (Å²) in [5, 5.41) is 1.07. The van der Waals surface area contributed by atoms with E-state index < -0.39 is 0 Å². The Hall–Kier alpha value is -2.23. The molecular formula is C11H8N4. The number of nitrogens with one attached hydrogen (secondary N) is 1. The molecule has 3 heterocycles. The number of aromatic nitrogens is 4. The summed E-state index contributed by atoms with van der Waals surface area (Å²) >= 11 is 0. The second-order valence-corrected chi connectivity index (χ2v) is 3.21. The highest BCUT2D eigenvalue weighted by atomic mass is 14.8. The van der Waals surface area contributed by atoms with Gasteiger partial charge in [-0.15, -0.1) is 0 Å². The van der Waals surface area contributed by atoms with E-state index >= 15 is 0 Å². The average molecular weight is 196 g/mol. The van der Waals surface area contributed by atoms with Crippen LogP contribution in [0.4, 0.5) is 0 Å². The molecule has 0 aliphatic carbocycles. The van der Waals surface area contributed by atoms with Gasteiger partial charge in [0.1, 0.15) is 0 Å². The fourth-order valence-electron chi connectivity index (χ4n) is 1.61. The molecule has 0 spiro atoms. The van der Waals surface area contributed by atoms with Crippen molar-refractivity contribution in [2.24, 2.45) is 0 Å². The molecule has 4 nitrogen and oxygen atoms in total. The maximum Gasteiger partial charge on any atom is 0.0907 e. The summed E-state index contributed by atoms with van der Waals surface area (Å²) in [6.45, 7) is 0. The van der Waals surface area contributed by atoms with E-state index in [2.05, 4.69) is 19.9 Å². The third-order valence-corrected chi connectivity index (χ3v) is 2.32. The van der Waals surface area contributed by atoms with Crippen molar-refractivity contribution >= 4 is 10.9 Å². The summed E-state index contributed by atoms with van der Waals surface area (Å²) < 4.78 is 0. The van der Waals surface area contributed by atoms with Gasteiger partial charge in [-0.25, -0.2) is 0 Å². The van der Waals surface area contributed by atoms with E-state index in [1.807, 2.05) is 18.5 Å². The van der Waals surface area contributed by atoms with Crippen molar-refractivity contribution in [3.8, 4) is 11.3 Å². The van der Waals surface area contributed by atoms with E-state index in [0.29, 0.717) is 0 Å². The zero-order chi connectivity index (χ0) is 10.1. The average Bonchev–Trinajstić information content (AvgIpc) is 2.74. The van der Waals surface area contributed by atoms with Crippen LogP contribution in [0.3, 0.4) is 0 Å². The molecule has 4 heteroatoms. The first kappa shape index (κ1) is 8.11. The van der Waals surface area contributed by atoms with Crippen LogP contribution in [-0.4, -0.2) is 19.9 Å². The zero-order valence-electron chi connectivity index (χ0n) is 7.88. The van der Waals surface area contributed by atoms with Crippen molar-refractivity contribution in [3.05, 3.63) is 43.2 Å². The van der Waals surface area contributed by atoms with Crippen LogP contribution in [0.1, 0.15) is 0 Å². The van der Waals surface area contributed by atoms with Crippen molar-refractivity contribution in [3.63, 3.8) is 0 Å². The van der Waals surface area contributed by atoms with Crippen molar-refractivity contribution < 1.29 is 0 Å². The molecule has 3 aromatic heterocycles. The predicted molar refractivity (Wildman–Crippen MR) is 57.1 cm³/mol. The third-order valence-electron chi connectivity index (χ3n) is 2.32. The molecular weight excluding hydrogens is 188 g/mol. The first-order chi connectivity index (χ1) is 7.45. The Morgan fingerprint density at radius 3 is 2.80 bits per heavy atom. The molecule has 0 aliphatic rings. The van der Waals surface area contributed by atoms with Crippen LogP contribution in [0, 0.1) is 0 Å². The molecule has 0 saturated heterocycles. The standard InChI is InChI=1S/C11H8N4/c1-2-12-5-8-9(6-15-10(1)8)11-7-13-3-4-14-11/h1-7,15H. The zero-order valence-corrected chi connectivity index (χ0v) is 7.88. The fourth-order valence-corrected chi connectivity index (χ4v) is 1.61. The number of nitrogens with zero attached hydrogens (tertiary/aromatic N) is 3. The number of H-pyrrole nitrogens is 1. The quantitative estimate of drug-likeness (QED) is 0.647. The molecule has 0 unspecified atom stereocenters. The van der Waals surface area contributed by atoms with E-state index in [9.17, 15) is 0 Å². The molecule has 1 N–H and O–H groups in total. The first-order valence-electron chi connectivity index (χ1n) is 4.62. The van der Waals surface area contributed by atoms with Crippen molar-refractivity contribution in [2.75, 3.05) is 0 Å². The highest BCUT2D eigenvalue weighted by Crippen LogP contribution is 2.25. The highest BCUT2D eigenvalue weighted by Gasteiger charge is 2.06. The molecule has 0 bridgehead atoms. The molecule has 3 aromatic rings. The van der Waals surface area contributed by atoms with Gasteiger partial charge >= 0.3 is 0 Å². The first-order valence-corrected chi connectivity index (χ1v) is 4.62. The summed E-state index contributed by atoms with van der Waals surface area (Å²) in [5.74, 6) is 0. The normalized spacial score (nSPS) is 10.7. The molecule has 15 heavy (non-hydrogen) atoms. The minimum atomic E-state index is 0.858. The monoisotopic (exact) mass is 196 g/mol. The third kappa shape index (κ3) is 1.27. The molecule has 0 aromatic carbocycles. The Balaban J connectivity index is 2.28. The molecule has 0 amide bonds. The fraction of sp³-hybridized carbons (Fsp3) is 0. The maximum atomic E-state index is 4.26. The number of fused-ring (bicyclic) bond motifs is 1. The van der Waals surface area contributed by atoms with Gasteiger partial charge in [-0.2, -0.15) is 0 Å². The summed E-state index contributed by atoms with van der Waals surface area (Å²) in [6.07, 6.45) is 10.6. The Morgan fingerprint density at radius 1 is 1.00 bits per heavy atom. The molecule has 3 rings (SSSR count). The minimum Gasteiger partial charge on any atom is -0.360 e. The lowest BCUT2D eigenvalue weighted by Crippen LogP contribution is -1.82. The smallest absolute Gasteiger partial charge is 0.0907 e. The lowest BCUT2D eigenvalue weighted by Gasteiger charge is -1.95. The van der Waals surface area contributed by atoms with Gasteiger partial charge in [0.05, 0.1) is 11.9 Å². The van der Waals surface area contributed by atoms with E-state index in [-0.39, 0.29) is 0 Å². The summed E-state index contributed by atoms with van der Waals surface area (Å²) in [6, 6.07) is 1.94. The molecule has 0 aliphatic heterocycles. The largest absolute Gasteiger partial charge is 0.360 e.